The van der Waals surface area contributed by atoms with Crippen molar-refractivity contribution in [3.8, 4) is 0 Å². The first-order chi connectivity index (χ1) is 13.8. The molecule has 0 saturated carbocycles. The first-order valence-corrected chi connectivity index (χ1v) is 13.7. The van der Waals surface area contributed by atoms with E-state index in [1.54, 1.807) is 34.6 Å². The van der Waals surface area contributed by atoms with Crippen LogP contribution >= 0.6 is 0 Å². The van der Waals surface area contributed by atoms with Crippen LogP contribution in [0, 0.1) is 0 Å². The fourth-order valence-electron chi connectivity index (χ4n) is 3.48. The van der Waals surface area contributed by atoms with Gasteiger partial charge in [-0.15, -0.1) is 0 Å². The first-order valence-electron chi connectivity index (χ1n) is 10.7. The molecule has 2 N–H and O–H groups in total. The van der Waals surface area contributed by atoms with Crippen molar-refractivity contribution in [2.24, 2.45) is 0 Å². The summed E-state index contributed by atoms with van der Waals surface area (Å²) in [7, 11) is -2.19. The zero-order chi connectivity index (χ0) is 24.0. The average molecular weight is 466 g/mol. The molecule has 2 saturated heterocycles. The maximum Gasteiger partial charge on any atom is 0.408 e. The Hall–Kier alpha value is -0.783. The van der Waals surface area contributed by atoms with Crippen molar-refractivity contribution >= 4 is 14.4 Å². The molecule has 31 heavy (non-hydrogen) atoms. The standard InChI is InChI=1S/C21H40FNO7Si/c1-18(2,3)29-17(25)23-13(11-22)14-15-21(16(24)27-14,30-20(7,8)28-15)12-26-31(9,10)19(4,5)6/h13-16,24H,11-12H2,1-10H3,(H,23,25)/t13?,14-,15+,16?,21+/m1/s1. The third-order valence-corrected chi connectivity index (χ3v) is 10.5. The van der Waals surface area contributed by atoms with E-state index in [-0.39, 0.29) is 11.6 Å². The topological polar surface area (TPSA) is 95.5 Å². The number of ether oxygens (including phenoxy) is 4. The lowest BCUT2D eigenvalue weighted by atomic mass is 9.93. The summed E-state index contributed by atoms with van der Waals surface area (Å²) in [6.45, 7) is 18.2. The molecule has 0 aliphatic carbocycles. The molecule has 2 aliphatic heterocycles. The van der Waals surface area contributed by atoms with Crippen LogP contribution < -0.4 is 5.32 Å². The summed E-state index contributed by atoms with van der Waals surface area (Å²) in [4.78, 5) is 12.2. The van der Waals surface area contributed by atoms with E-state index in [0.29, 0.717) is 0 Å². The van der Waals surface area contributed by atoms with Gasteiger partial charge in [0, 0.05) is 0 Å². The van der Waals surface area contributed by atoms with Gasteiger partial charge in [0.25, 0.3) is 0 Å². The minimum absolute atomic E-state index is 0.0285. The van der Waals surface area contributed by atoms with Gasteiger partial charge < -0.3 is 33.8 Å². The lowest BCUT2D eigenvalue weighted by molar-refractivity contribution is -0.253. The molecule has 2 aliphatic rings. The van der Waals surface area contributed by atoms with Gasteiger partial charge in [-0.3, -0.25) is 0 Å². The largest absolute Gasteiger partial charge is 0.444 e. The molecule has 182 valence electrons. The number of aliphatic hydroxyl groups excluding tert-OH is 1. The second-order valence-electron chi connectivity index (χ2n) is 11.4. The molecule has 0 bridgehead atoms. The molecule has 0 radical (unpaired) electrons. The molecule has 8 nitrogen and oxygen atoms in total. The van der Waals surface area contributed by atoms with Gasteiger partial charge in [-0.2, -0.15) is 0 Å². The van der Waals surface area contributed by atoms with Crippen LogP contribution in [-0.2, 0) is 23.4 Å². The van der Waals surface area contributed by atoms with Crippen LogP contribution in [0.4, 0.5) is 9.18 Å². The zero-order valence-electron chi connectivity index (χ0n) is 20.5. The summed E-state index contributed by atoms with van der Waals surface area (Å²) in [5.74, 6) is -1.04. The van der Waals surface area contributed by atoms with Gasteiger partial charge in [0.2, 0.25) is 0 Å². The minimum Gasteiger partial charge on any atom is -0.444 e. The SMILES string of the molecule is CC(C)(C)OC(=O)NC(CF)[C@H]1OC(O)[C@@]2(CO[Si](C)(C)C(C)(C)C)OC(C)(C)O[C@@H]12. The summed E-state index contributed by atoms with van der Waals surface area (Å²) in [5.41, 5.74) is -2.08. The highest BCUT2D eigenvalue weighted by molar-refractivity contribution is 6.74. The summed E-state index contributed by atoms with van der Waals surface area (Å²) in [6.07, 6.45) is -4.03. The Balaban J connectivity index is 2.26. The number of rotatable bonds is 6. The number of halogens is 1. The van der Waals surface area contributed by atoms with E-state index in [1.807, 2.05) is 0 Å². The molecule has 0 aromatic heterocycles. The van der Waals surface area contributed by atoms with Gasteiger partial charge in [-0.1, -0.05) is 20.8 Å². The fourth-order valence-corrected chi connectivity index (χ4v) is 4.50. The molecule has 5 atom stereocenters. The number of carbonyl (C=O) groups is 1. The third kappa shape index (κ3) is 5.78. The molecule has 2 rings (SSSR count). The Morgan fingerprint density at radius 3 is 2.29 bits per heavy atom. The highest BCUT2D eigenvalue weighted by atomic mass is 28.4. The van der Waals surface area contributed by atoms with Gasteiger partial charge in [-0.25, -0.2) is 9.18 Å². The number of fused-ring (bicyclic) bond motifs is 1. The number of alkyl carbamates (subject to hydrolysis) is 1. The van der Waals surface area contributed by atoms with Crippen molar-refractivity contribution < 1.29 is 37.7 Å². The monoisotopic (exact) mass is 465 g/mol. The van der Waals surface area contributed by atoms with Crippen LogP contribution in [0.25, 0.3) is 0 Å². The van der Waals surface area contributed by atoms with E-state index in [2.05, 4.69) is 39.2 Å². The molecule has 2 heterocycles. The number of carbonyl (C=O) groups excluding carboxylic acids is 1. The zero-order valence-corrected chi connectivity index (χ0v) is 21.5. The Morgan fingerprint density at radius 2 is 1.81 bits per heavy atom. The predicted octanol–water partition coefficient (Wildman–Crippen LogP) is 3.48. The van der Waals surface area contributed by atoms with Crippen molar-refractivity contribution in [3.63, 3.8) is 0 Å². The minimum atomic E-state index is -2.19. The number of hydrogen-bond donors (Lipinski definition) is 2. The summed E-state index contributed by atoms with van der Waals surface area (Å²) < 4.78 is 43.4. The Morgan fingerprint density at radius 1 is 1.23 bits per heavy atom. The maximum absolute atomic E-state index is 14.0. The van der Waals surface area contributed by atoms with Crippen LogP contribution in [0.5, 0.6) is 0 Å². The van der Waals surface area contributed by atoms with E-state index < -0.39 is 62.6 Å². The average Bonchev–Trinajstić information content (AvgIpc) is 2.97. The van der Waals surface area contributed by atoms with Crippen LogP contribution in [0.1, 0.15) is 55.4 Å². The fraction of sp³-hybridized carbons (Fsp3) is 0.952. The van der Waals surface area contributed by atoms with E-state index in [4.69, 9.17) is 23.4 Å². The molecule has 2 unspecified atom stereocenters. The lowest BCUT2D eigenvalue weighted by Crippen LogP contribution is -2.56. The number of alkyl halides is 1. The smallest absolute Gasteiger partial charge is 0.408 e. The Labute approximate surface area is 186 Å². The predicted molar refractivity (Wildman–Crippen MR) is 116 cm³/mol. The van der Waals surface area contributed by atoms with Crippen molar-refractivity contribution in [1.82, 2.24) is 5.32 Å². The highest BCUT2D eigenvalue weighted by Gasteiger charge is 2.68. The number of amides is 1. The molecule has 0 spiro atoms. The summed E-state index contributed by atoms with van der Waals surface area (Å²) in [6, 6.07) is -1.10. The molecular weight excluding hydrogens is 425 g/mol. The molecule has 2 fully saturated rings. The van der Waals surface area contributed by atoms with Gasteiger partial charge in [-0.05, 0) is 52.8 Å². The van der Waals surface area contributed by atoms with Gasteiger partial charge in [0.15, 0.2) is 26.0 Å². The molecular formula is C21H40FNO7Si. The van der Waals surface area contributed by atoms with Crippen LogP contribution in [0.15, 0.2) is 0 Å². The highest BCUT2D eigenvalue weighted by Crippen LogP contribution is 2.48. The van der Waals surface area contributed by atoms with Crippen molar-refractivity contribution in [3.05, 3.63) is 0 Å². The lowest BCUT2D eigenvalue weighted by Gasteiger charge is -2.40. The quantitative estimate of drug-likeness (QED) is 0.580. The van der Waals surface area contributed by atoms with Crippen LogP contribution in [0.3, 0.4) is 0 Å². The molecule has 10 heteroatoms. The van der Waals surface area contributed by atoms with Crippen LogP contribution in [0.2, 0.25) is 18.1 Å². The number of nitrogens with one attached hydrogen (secondary N) is 1. The third-order valence-electron chi connectivity index (χ3n) is 6.06. The van der Waals surface area contributed by atoms with E-state index in [9.17, 15) is 14.3 Å². The van der Waals surface area contributed by atoms with Crippen molar-refractivity contribution in [2.75, 3.05) is 13.3 Å². The molecule has 0 aromatic carbocycles. The molecule has 0 aromatic rings. The molecule has 1 amide bonds. The number of hydrogen-bond acceptors (Lipinski definition) is 7. The van der Waals surface area contributed by atoms with Gasteiger partial charge in [0.1, 0.15) is 24.5 Å². The van der Waals surface area contributed by atoms with Crippen molar-refractivity contribution in [1.29, 1.82) is 0 Å². The Kier molecular flexibility index (Phi) is 7.28. The van der Waals surface area contributed by atoms with E-state index in [0.717, 1.165) is 0 Å². The van der Waals surface area contributed by atoms with E-state index in [1.165, 1.54) is 0 Å². The maximum atomic E-state index is 14.0. The van der Waals surface area contributed by atoms with Crippen LogP contribution in [-0.4, -0.2) is 74.3 Å². The summed E-state index contributed by atoms with van der Waals surface area (Å²) >= 11 is 0. The summed E-state index contributed by atoms with van der Waals surface area (Å²) in [5, 5.41) is 13.3. The normalized spacial score (nSPS) is 31.9. The van der Waals surface area contributed by atoms with E-state index >= 15 is 0 Å². The van der Waals surface area contributed by atoms with Gasteiger partial charge >= 0.3 is 6.09 Å². The van der Waals surface area contributed by atoms with Gasteiger partial charge in [0.05, 0.1) is 12.6 Å². The van der Waals surface area contributed by atoms with Crippen molar-refractivity contribution in [2.45, 2.75) is 115 Å². The Bertz CT molecular complexity index is 661. The second kappa shape index (κ2) is 8.53. The number of aliphatic hydroxyl groups is 1. The first kappa shape index (κ1) is 26.5. The second-order valence-corrected chi connectivity index (χ2v) is 16.2.